The van der Waals surface area contributed by atoms with E-state index in [1.807, 2.05) is 0 Å². The number of benzene rings is 4. The fourth-order valence-corrected chi connectivity index (χ4v) is 9.63. The highest BCUT2D eigenvalue weighted by molar-refractivity contribution is 7.33. The van der Waals surface area contributed by atoms with Crippen molar-refractivity contribution in [3.63, 3.8) is 0 Å². The van der Waals surface area contributed by atoms with Gasteiger partial charge in [-0.1, -0.05) is 239 Å². The fraction of sp³-hybridized carbons (Fsp3) is 0.600. The molecule has 2 atom stereocenters. The van der Waals surface area contributed by atoms with Crippen LogP contribution in [-0.4, -0.2) is 0 Å². The maximum atomic E-state index is 15.2. The van der Waals surface area contributed by atoms with Gasteiger partial charge in [0.15, 0.2) is 0 Å². The Morgan fingerprint density at radius 3 is 0.812 bits per heavy atom. The predicted octanol–water partition coefficient (Wildman–Crippen LogP) is 18.0. The molecule has 352 valence electrons. The molecule has 64 heavy (non-hydrogen) atoms. The molecule has 0 bridgehead atoms. The van der Waals surface area contributed by atoms with Crippen molar-refractivity contribution in [3.05, 3.63) is 140 Å². The van der Waals surface area contributed by atoms with Gasteiger partial charge in [-0.2, -0.15) is 0 Å². The molecule has 0 aliphatic heterocycles. The van der Waals surface area contributed by atoms with E-state index in [1.165, 1.54) is 55.6 Å². The van der Waals surface area contributed by atoms with E-state index in [0.717, 1.165) is 11.1 Å². The molecule has 0 aliphatic rings. The molecule has 0 heterocycles. The smallest absolute Gasteiger partial charge is 0.111 e. The molecule has 4 aromatic rings. The topological polar surface area (TPSA) is 35.5 Å². The van der Waals surface area contributed by atoms with Crippen LogP contribution in [0.2, 0.25) is 0 Å². The van der Waals surface area contributed by atoms with E-state index in [0.29, 0.717) is 12.8 Å². The van der Waals surface area contributed by atoms with Crippen molar-refractivity contribution < 1.29 is 13.6 Å². The van der Waals surface area contributed by atoms with Crippen LogP contribution < -0.4 is 0 Å². The number of hydrogen-bond donors (Lipinski definition) is 0. The molecule has 4 rings (SSSR count). The van der Waals surface area contributed by atoms with Crippen molar-refractivity contribution in [1.29, 1.82) is 0 Å². The highest BCUT2D eigenvalue weighted by Gasteiger charge is 2.39. The highest BCUT2D eigenvalue weighted by atomic mass is 31.1. The summed E-state index contributed by atoms with van der Waals surface area (Å²) in [5.74, 6) is 0. The summed E-state index contributed by atoms with van der Waals surface area (Å²) in [6.45, 7) is 54.6. The second-order valence-electron chi connectivity index (χ2n) is 27.2. The van der Waals surface area contributed by atoms with Crippen molar-refractivity contribution in [3.8, 4) is 0 Å². The minimum absolute atomic E-state index is 0.000270. The lowest BCUT2D eigenvalue weighted by Crippen LogP contribution is -2.23. The molecule has 0 amide bonds. The van der Waals surface area contributed by atoms with Gasteiger partial charge < -0.3 is 0 Å². The summed E-state index contributed by atoms with van der Waals surface area (Å²) >= 11 is 0. The molecule has 2 unspecified atom stereocenters. The Balaban J connectivity index is 1.99. The zero-order valence-electron chi connectivity index (χ0n) is 45.2. The van der Waals surface area contributed by atoms with Gasteiger partial charge in [0, 0.05) is 17.4 Å². The van der Waals surface area contributed by atoms with Gasteiger partial charge >= 0.3 is 8.25 Å². The van der Waals surface area contributed by atoms with E-state index >= 15 is 4.57 Å². The second-order valence-corrected chi connectivity index (χ2v) is 28.0. The Hall–Kier alpha value is -3.10. The average Bonchev–Trinajstić information content (AvgIpc) is 3.10. The standard InChI is InChI=1S/C60H90O3P/c1-53(2,3)41-27-25-39(47(35-41)57(13,14)15)33-51(45-31-29-43(55(7,8)9)37-49(45)59(19,20)21)62-64(61)63-52(46-32-30-44(56(10,11)12)38-50(46)60(22,23)24)34-40-26-28-42(54(4,5)6)36-48(40)58(16,17)18/h25-32,35-38,51-52H,33-34H2,1-24H3/q+1. The van der Waals surface area contributed by atoms with Gasteiger partial charge in [0.1, 0.15) is 12.2 Å². The molecule has 0 aromatic heterocycles. The quantitative estimate of drug-likeness (QED) is 0.149. The SMILES string of the molecule is CC(C)(C)c1ccc(CC(O[P+](=O)OC(Cc2ccc(C(C)(C)C)cc2C(C)(C)C)c2ccc(C(C)(C)C)cc2C(C)(C)C)c2ccc(C(C)(C)C)cc2C(C)(C)C)c(C(C)(C)C)c1. The molecule has 0 saturated carbocycles. The minimum atomic E-state index is -2.63. The second kappa shape index (κ2) is 18.5. The lowest BCUT2D eigenvalue weighted by atomic mass is 9.75. The first-order valence-corrected chi connectivity index (χ1v) is 25.2. The summed E-state index contributed by atoms with van der Waals surface area (Å²) in [6.07, 6.45) is 0.0476. The van der Waals surface area contributed by atoms with Crippen LogP contribution in [0.1, 0.15) is 245 Å². The Bertz CT molecular complexity index is 2110. The average molecular weight is 890 g/mol. The van der Waals surface area contributed by atoms with Crippen LogP contribution in [-0.2, 0) is 69.8 Å². The highest BCUT2D eigenvalue weighted by Crippen LogP contribution is 2.47. The minimum Gasteiger partial charge on any atom is -0.111 e. The largest absolute Gasteiger partial charge is 0.698 e. The van der Waals surface area contributed by atoms with Gasteiger partial charge in [-0.05, 0) is 110 Å². The molecule has 0 spiro atoms. The first-order valence-electron chi connectivity index (χ1n) is 24.1. The van der Waals surface area contributed by atoms with Crippen molar-refractivity contribution >= 4 is 8.25 Å². The fourth-order valence-electron chi connectivity index (χ4n) is 8.78. The molecule has 0 radical (unpaired) electrons. The van der Waals surface area contributed by atoms with Gasteiger partial charge in [0.2, 0.25) is 0 Å². The Kier molecular flexibility index (Phi) is 15.5. The monoisotopic (exact) mass is 890 g/mol. The first kappa shape index (κ1) is 53.5. The number of hydrogen-bond acceptors (Lipinski definition) is 3. The maximum absolute atomic E-state index is 15.2. The Morgan fingerprint density at radius 1 is 0.344 bits per heavy atom. The van der Waals surface area contributed by atoms with E-state index in [4.69, 9.17) is 9.05 Å². The first-order chi connectivity index (χ1) is 28.7. The zero-order valence-corrected chi connectivity index (χ0v) is 46.1. The van der Waals surface area contributed by atoms with Crippen molar-refractivity contribution in [2.24, 2.45) is 0 Å². The number of rotatable bonds is 10. The summed E-state index contributed by atoms with van der Waals surface area (Å²) < 4.78 is 29.2. The lowest BCUT2D eigenvalue weighted by Gasteiger charge is -2.31. The van der Waals surface area contributed by atoms with E-state index in [2.05, 4.69) is 239 Å². The van der Waals surface area contributed by atoms with E-state index in [1.54, 1.807) is 0 Å². The molecule has 0 aliphatic carbocycles. The molecule has 4 heteroatoms. The summed E-state index contributed by atoms with van der Waals surface area (Å²) in [4.78, 5) is 0. The summed E-state index contributed by atoms with van der Waals surface area (Å²) in [7, 11) is -2.63. The maximum Gasteiger partial charge on any atom is 0.698 e. The van der Waals surface area contributed by atoms with Crippen LogP contribution in [0, 0.1) is 0 Å². The molecular weight excluding hydrogens is 800 g/mol. The molecular formula is C60H90O3P+. The van der Waals surface area contributed by atoms with Gasteiger partial charge in [0.25, 0.3) is 0 Å². The van der Waals surface area contributed by atoms with E-state index in [-0.39, 0.29) is 43.3 Å². The molecule has 4 aromatic carbocycles. The summed E-state index contributed by atoms with van der Waals surface area (Å²) in [5, 5.41) is 0. The molecule has 0 fully saturated rings. The van der Waals surface area contributed by atoms with Gasteiger partial charge in [-0.25, -0.2) is 0 Å². The van der Waals surface area contributed by atoms with Crippen LogP contribution in [0.4, 0.5) is 0 Å². The van der Waals surface area contributed by atoms with Crippen molar-refractivity contribution in [1.82, 2.24) is 0 Å². The van der Waals surface area contributed by atoms with Crippen LogP contribution >= 0.6 is 8.25 Å². The van der Waals surface area contributed by atoms with Crippen molar-refractivity contribution in [2.75, 3.05) is 0 Å². The van der Waals surface area contributed by atoms with E-state index < -0.39 is 20.5 Å². The molecule has 3 nitrogen and oxygen atoms in total. The Labute approximate surface area is 394 Å². The molecule has 0 saturated heterocycles. The van der Waals surface area contributed by atoms with Crippen LogP contribution in [0.15, 0.2) is 72.8 Å². The Morgan fingerprint density at radius 2 is 0.578 bits per heavy atom. The van der Waals surface area contributed by atoms with Gasteiger partial charge in [-0.15, -0.1) is 9.05 Å². The summed E-state index contributed by atoms with van der Waals surface area (Å²) in [5.41, 5.74) is 13.9. The third-order valence-electron chi connectivity index (χ3n) is 13.0. The zero-order chi connectivity index (χ0) is 49.0. The third-order valence-corrected chi connectivity index (χ3v) is 13.8. The predicted molar refractivity (Wildman–Crippen MR) is 278 cm³/mol. The lowest BCUT2D eigenvalue weighted by molar-refractivity contribution is 0.127. The van der Waals surface area contributed by atoms with Crippen LogP contribution in [0.3, 0.4) is 0 Å². The van der Waals surface area contributed by atoms with E-state index in [9.17, 15) is 0 Å². The normalized spacial score (nSPS) is 15.0. The van der Waals surface area contributed by atoms with Gasteiger partial charge in [-0.3, -0.25) is 0 Å². The van der Waals surface area contributed by atoms with Crippen LogP contribution in [0.5, 0.6) is 0 Å². The van der Waals surface area contributed by atoms with Crippen LogP contribution in [0.25, 0.3) is 0 Å². The molecule has 0 N–H and O–H groups in total. The van der Waals surface area contributed by atoms with Crippen molar-refractivity contribution in [2.45, 2.75) is 235 Å². The summed E-state index contributed by atoms with van der Waals surface area (Å²) in [6, 6.07) is 27.6. The van der Waals surface area contributed by atoms with Gasteiger partial charge in [0.05, 0.1) is 0 Å². The third kappa shape index (κ3) is 13.5.